The van der Waals surface area contributed by atoms with Gasteiger partial charge in [0.2, 0.25) is 0 Å². The van der Waals surface area contributed by atoms with Crippen LogP contribution in [0.5, 0.6) is 0 Å². The van der Waals surface area contributed by atoms with Crippen molar-refractivity contribution < 1.29 is 69.1 Å². The van der Waals surface area contributed by atoms with Gasteiger partial charge in [0, 0.05) is 72.0 Å². The van der Waals surface area contributed by atoms with Crippen LogP contribution >= 0.6 is 0 Å². The molecule has 0 aliphatic heterocycles. The average molecular weight is 1080 g/mol. The molecular weight excluding hydrogens is 1060 g/mol. The van der Waals surface area contributed by atoms with Gasteiger partial charge in [0.15, 0.2) is 0 Å². The van der Waals surface area contributed by atoms with E-state index in [1.165, 1.54) is 37.8 Å². The van der Waals surface area contributed by atoms with E-state index in [0.29, 0.717) is 0 Å². The Labute approximate surface area is 148 Å². The van der Waals surface area contributed by atoms with Gasteiger partial charge in [0.25, 0.3) is 0 Å². The Morgan fingerprint density at radius 1 is 1.11 bits per heavy atom. The zero-order valence-corrected chi connectivity index (χ0v) is 24.0. The van der Waals surface area contributed by atoms with Gasteiger partial charge in [-0.25, -0.2) is 30.1 Å². The van der Waals surface area contributed by atoms with Crippen LogP contribution in [0.2, 0.25) is 0 Å². The van der Waals surface area contributed by atoms with Gasteiger partial charge >= 0.3 is 0 Å². The minimum absolute atomic E-state index is 0. The summed E-state index contributed by atoms with van der Waals surface area (Å²) in [5.74, 6) is -1.89. The largest absolute Gasteiger partial charge is 0.333 e. The number of hydrogen-bond donors (Lipinski definition) is 0. The fourth-order valence-corrected chi connectivity index (χ4v) is 1.25. The molecule has 0 unspecified atom stereocenters. The van der Waals surface area contributed by atoms with Gasteiger partial charge in [-0.05, 0) is 0 Å². The van der Waals surface area contributed by atoms with Crippen molar-refractivity contribution in [3.63, 3.8) is 0 Å². The average Bonchev–Trinajstić information content (AvgIpc) is 2.29. The molecule has 19 heavy (non-hydrogen) atoms. The number of hydrogen-bond acceptors (Lipinski definition) is 0. The maximum absolute atomic E-state index is 12.3. The smallest absolute Gasteiger partial charge is 0.0447 e. The van der Waals surface area contributed by atoms with Gasteiger partial charge < -0.3 is 12.8 Å². The Hall–Kier alpha value is -1.06. The first kappa shape index (κ1) is 26.5. The molecule has 0 saturated heterocycles. The molecule has 1 aromatic rings. The van der Waals surface area contributed by atoms with Crippen molar-refractivity contribution >= 4 is 0 Å². The summed E-state index contributed by atoms with van der Waals surface area (Å²) in [6.45, 7) is 3.25. The second kappa shape index (κ2) is 15.0. The summed E-state index contributed by atoms with van der Waals surface area (Å²) in [6.07, 6.45) is 10.0. The van der Waals surface area contributed by atoms with Crippen molar-refractivity contribution in [2.75, 3.05) is 0 Å². The van der Waals surface area contributed by atoms with E-state index in [4.69, 9.17) is 0 Å². The monoisotopic (exact) mass is 1080 g/mol. The minimum atomic E-state index is -0.970. The van der Waals surface area contributed by atoms with E-state index in [1.54, 1.807) is 0 Å². The molecule has 1 aliphatic rings. The molecule has 0 bridgehead atoms. The molecule has 0 aromatic heterocycles. The van der Waals surface area contributed by atoms with E-state index >= 15 is 0 Å². The summed E-state index contributed by atoms with van der Waals surface area (Å²) in [5, 5.41) is 0. The third kappa shape index (κ3) is 10.5. The minimum Gasteiger partial charge on any atom is -0.333 e. The molecule has 1 saturated carbocycles. The molecule has 2 rings (SSSR count). The Bertz CT molecular complexity index is 281. The molecule has 0 atom stereocenters. The van der Waals surface area contributed by atoms with Gasteiger partial charge in [-0.15, -0.1) is 6.07 Å². The predicted molar refractivity (Wildman–Crippen MR) is 56.7 cm³/mol. The number of benzene rings is 1. The Kier molecular flexibility index (Phi) is 20.9. The molecule has 1 aromatic carbocycles. The predicted octanol–water partition coefficient (Wildman–Crippen LogP) is 3.91. The zero-order valence-electron chi connectivity index (χ0n) is 10.3. The van der Waals surface area contributed by atoms with E-state index in [1.807, 2.05) is 0 Å². The molecule has 0 spiro atoms. The van der Waals surface area contributed by atoms with Crippen LogP contribution in [0, 0.1) is 77.4 Å². The summed E-state index contributed by atoms with van der Waals surface area (Å²) in [4.78, 5) is 0. The molecule has 0 amide bonds. The fraction of sp³-hybridized carbons (Fsp3) is 0.308. The van der Waals surface area contributed by atoms with Gasteiger partial charge in [0.05, 0.1) is 0 Å². The third-order valence-corrected chi connectivity index (χ3v) is 2.12. The first-order chi connectivity index (χ1) is 7.22. The van der Waals surface area contributed by atoms with Crippen molar-refractivity contribution in [3.8, 4) is 0 Å². The molecule has 6 heteroatoms. The first-order valence-electron chi connectivity index (χ1n) is 5.03. The first-order valence-corrected chi connectivity index (χ1v) is 5.03. The van der Waals surface area contributed by atoms with Crippen molar-refractivity contribution in [2.45, 2.75) is 25.7 Å². The van der Waals surface area contributed by atoms with Gasteiger partial charge in [-0.3, -0.25) is 4.39 Å². The van der Waals surface area contributed by atoms with Crippen molar-refractivity contribution in [3.05, 3.63) is 55.2 Å². The van der Waals surface area contributed by atoms with Gasteiger partial charge in [0.1, 0.15) is 0 Å². The van der Waals surface area contributed by atoms with Gasteiger partial charge in [-0.2, -0.15) is 24.6 Å². The molecule has 0 N–H and O–H groups in total. The van der Waals surface area contributed by atoms with Crippen LogP contribution in [0.15, 0.2) is 12.1 Å². The van der Waals surface area contributed by atoms with E-state index in [-0.39, 0.29) is 65.9 Å². The van der Waals surface area contributed by atoms with E-state index in [9.17, 15) is 8.78 Å². The number of halogens is 2. The molecule has 114 valence electrons. The van der Waals surface area contributed by atoms with Crippen LogP contribution in [0.4, 0.5) is 8.78 Å². The Morgan fingerprint density at radius 2 is 1.53 bits per heavy atom. The maximum Gasteiger partial charge on any atom is 0.0447 e. The van der Waals surface area contributed by atoms with Crippen molar-refractivity contribution in [2.24, 2.45) is 0 Å². The second-order valence-corrected chi connectivity index (χ2v) is 3.36. The summed E-state index contributed by atoms with van der Waals surface area (Å²) < 4.78 is 24.4. The topological polar surface area (TPSA) is 0 Å². The van der Waals surface area contributed by atoms with E-state index in [0.717, 1.165) is 0 Å². The van der Waals surface area contributed by atoms with Crippen molar-refractivity contribution in [1.29, 1.82) is 0 Å². The summed E-state index contributed by atoms with van der Waals surface area (Å²) >= 11 is 0. The van der Waals surface area contributed by atoms with Crippen LogP contribution in [0.25, 0.3) is 0 Å². The zero-order chi connectivity index (χ0) is 11.1. The Balaban J connectivity index is -0.000000102. The molecule has 1 fully saturated rings. The van der Waals surface area contributed by atoms with Crippen LogP contribution in [0.1, 0.15) is 31.2 Å². The molecule has 0 heterocycles. The molecule has 2 radical (unpaired) electrons. The second-order valence-electron chi connectivity index (χ2n) is 3.36. The summed E-state index contributed by atoms with van der Waals surface area (Å²) in [7, 11) is 0. The normalized spacial score (nSPS) is 12.1. The van der Waals surface area contributed by atoms with Crippen LogP contribution in [-0.4, -0.2) is 0 Å². The SMILES string of the molecule is [CH-]1CC[CH-]CC1.[CH2-]c1cc[c-]c(F)c1F.[Gd].[Md].[Re].[Rf]. The van der Waals surface area contributed by atoms with Gasteiger partial charge in [-0.1, -0.05) is 0 Å². The van der Waals surface area contributed by atoms with Crippen molar-refractivity contribution in [1.82, 2.24) is 0 Å². The molecule has 0 nitrogen and oxygen atoms in total. The molecular formula is C13H14F2GdMdReRf-4. The summed E-state index contributed by atoms with van der Waals surface area (Å²) in [5.41, 5.74) is 0.0613. The standard InChI is InChI=1S/C7H4F2.C6H10.Gd.Md.Re.Rf/c1-5-3-2-4-6(8)7(5)9;1-2-4-6-5-3-1;;;;/h2-3H,1H2;1,6H,2-5H2;;;;/q2*-2;;;;. The van der Waals surface area contributed by atoms with Crippen LogP contribution in [0.3, 0.4) is 0 Å². The Morgan fingerprint density at radius 3 is 1.79 bits per heavy atom. The fourth-order valence-electron chi connectivity index (χ4n) is 1.25. The molecule has 1 aliphatic carbocycles. The summed E-state index contributed by atoms with van der Waals surface area (Å²) in [6, 6.07) is 4.71. The van der Waals surface area contributed by atoms with Crippen LogP contribution < -0.4 is 0 Å². The van der Waals surface area contributed by atoms with E-state index < -0.39 is 11.6 Å². The quantitative estimate of drug-likeness (QED) is 0.347. The number of rotatable bonds is 0. The van der Waals surface area contributed by atoms with E-state index in [2.05, 4.69) is 25.8 Å². The maximum atomic E-state index is 12.3. The van der Waals surface area contributed by atoms with Crippen LogP contribution in [-0.2, 0) is 20.4 Å². The third-order valence-electron chi connectivity index (χ3n) is 2.12.